The Morgan fingerprint density at radius 2 is 1.74 bits per heavy atom. The number of hydrogen-bond donors (Lipinski definition) is 0. The molecular weight excluding hydrogens is 477 g/mol. The zero-order valence-corrected chi connectivity index (χ0v) is 19.9. The zero-order valence-electron chi connectivity index (χ0n) is 18.4. The van der Waals surface area contributed by atoms with Crippen LogP contribution in [0.5, 0.6) is 5.75 Å². The lowest BCUT2D eigenvalue weighted by Gasteiger charge is -2.35. The number of anilines is 1. The van der Waals surface area contributed by atoms with Crippen molar-refractivity contribution in [2.75, 3.05) is 37.7 Å². The number of hydrogen-bond acceptors (Lipinski definition) is 7. The first-order valence-electron chi connectivity index (χ1n) is 10.8. The van der Waals surface area contributed by atoms with E-state index in [4.69, 9.17) is 21.3 Å². The number of ether oxygens (including phenoxy) is 1. The molecule has 1 saturated heterocycles. The molecule has 7 nitrogen and oxygen atoms in total. The van der Waals surface area contributed by atoms with Crippen molar-refractivity contribution < 1.29 is 13.9 Å². The van der Waals surface area contributed by atoms with Crippen molar-refractivity contribution in [2.45, 2.75) is 6.92 Å². The van der Waals surface area contributed by atoms with Crippen molar-refractivity contribution in [1.29, 1.82) is 0 Å². The van der Waals surface area contributed by atoms with Crippen molar-refractivity contribution in [3.05, 3.63) is 65.2 Å². The summed E-state index contributed by atoms with van der Waals surface area (Å²) in [4.78, 5) is 31.3. The fourth-order valence-corrected chi connectivity index (χ4v) is 4.89. The second kappa shape index (κ2) is 9.52. The monoisotopic (exact) mass is 497 g/mol. The molecular formula is C24H21ClFN5O2S. The molecule has 1 aliphatic rings. The van der Waals surface area contributed by atoms with Crippen molar-refractivity contribution in [2.24, 2.45) is 0 Å². The predicted molar refractivity (Wildman–Crippen MR) is 131 cm³/mol. The van der Waals surface area contributed by atoms with Gasteiger partial charge in [0.15, 0.2) is 12.4 Å². The first-order chi connectivity index (χ1) is 16.5. The SMILES string of the molecule is Cc1nc(N2CCN(C(=O)COc3ccc(Cl)cc3)CC2)c2nc(-c3ccc(F)cc3)sc2n1. The molecule has 0 saturated carbocycles. The Balaban J connectivity index is 1.28. The molecule has 0 radical (unpaired) electrons. The molecule has 0 unspecified atom stereocenters. The summed E-state index contributed by atoms with van der Waals surface area (Å²) in [5.74, 6) is 1.68. The highest BCUT2D eigenvalue weighted by molar-refractivity contribution is 7.21. The van der Waals surface area contributed by atoms with E-state index in [9.17, 15) is 9.18 Å². The number of amides is 1. The number of aromatic nitrogens is 3. The fourth-order valence-electron chi connectivity index (χ4n) is 3.78. The maximum atomic E-state index is 13.3. The Morgan fingerprint density at radius 3 is 2.44 bits per heavy atom. The van der Waals surface area contributed by atoms with Gasteiger partial charge < -0.3 is 14.5 Å². The van der Waals surface area contributed by atoms with Gasteiger partial charge in [0.25, 0.3) is 5.91 Å². The van der Waals surface area contributed by atoms with Crippen LogP contribution in [0, 0.1) is 12.7 Å². The van der Waals surface area contributed by atoms with Gasteiger partial charge in [0.2, 0.25) is 0 Å². The molecule has 1 amide bonds. The van der Waals surface area contributed by atoms with Gasteiger partial charge in [-0.3, -0.25) is 4.79 Å². The number of carbonyl (C=O) groups is 1. The second-order valence-electron chi connectivity index (χ2n) is 7.88. The van der Waals surface area contributed by atoms with Gasteiger partial charge in [-0.1, -0.05) is 22.9 Å². The van der Waals surface area contributed by atoms with Crippen LogP contribution in [0.3, 0.4) is 0 Å². The Labute approximate surface area is 204 Å². The average Bonchev–Trinajstić information content (AvgIpc) is 3.27. The molecule has 10 heteroatoms. The van der Waals surface area contributed by atoms with E-state index in [1.807, 2.05) is 6.92 Å². The quantitative estimate of drug-likeness (QED) is 0.402. The van der Waals surface area contributed by atoms with Gasteiger partial charge in [-0.15, -0.1) is 0 Å². The highest BCUT2D eigenvalue weighted by atomic mass is 35.5. The molecule has 0 spiro atoms. The molecule has 3 heterocycles. The van der Waals surface area contributed by atoms with E-state index in [1.54, 1.807) is 41.3 Å². The number of halogens is 2. The Morgan fingerprint density at radius 1 is 1.03 bits per heavy atom. The van der Waals surface area contributed by atoms with Gasteiger partial charge in [0, 0.05) is 36.8 Å². The highest BCUT2D eigenvalue weighted by Gasteiger charge is 2.25. The molecule has 2 aromatic carbocycles. The van der Waals surface area contributed by atoms with Crippen LogP contribution in [-0.2, 0) is 4.79 Å². The molecule has 34 heavy (non-hydrogen) atoms. The van der Waals surface area contributed by atoms with Gasteiger partial charge in [-0.2, -0.15) is 0 Å². The van der Waals surface area contributed by atoms with Crippen LogP contribution in [0.2, 0.25) is 5.02 Å². The van der Waals surface area contributed by atoms with E-state index in [1.165, 1.54) is 23.5 Å². The van der Waals surface area contributed by atoms with E-state index >= 15 is 0 Å². The van der Waals surface area contributed by atoms with E-state index in [0.29, 0.717) is 42.8 Å². The predicted octanol–water partition coefficient (Wildman–Crippen LogP) is 4.58. The minimum atomic E-state index is -0.285. The lowest BCUT2D eigenvalue weighted by molar-refractivity contribution is -0.133. The molecule has 0 bridgehead atoms. The fraction of sp³-hybridized carbons (Fsp3) is 0.250. The summed E-state index contributed by atoms with van der Waals surface area (Å²) in [5.41, 5.74) is 1.56. The van der Waals surface area contributed by atoms with Crippen LogP contribution in [0.1, 0.15) is 5.82 Å². The summed E-state index contributed by atoms with van der Waals surface area (Å²) < 4.78 is 18.9. The number of nitrogens with zero attached hydrogens (tertiary/aromatic N) is 5. The number of carbonyl (C=O) groups excluding carboxylic acids is 1. The molecule has 0 N–H and O–H groups in total. The van der Waals surface area contributed by atoms with Crippen LogP contribution in [-0.4, -0.2) is 58.5 Å². The Bertz CT molecular complexity index is 1320. The molecule has 0 aliphatic carbocycles. The maximum Gasteiger partial charge on any atom is 0.260 e. The standard InChI is InChI=1S/C24H21ClFN5O2S/c1-15-27-22(21-24(28-15)34-23(29-21)16-2-6-18(26)7-3-16)31-12-10-30(11-13-31)20(32)14-33-19-8-4-17(25)5-9-19/h2-9H,10-14H2,1H3. The van der Waals surface area contributed by atoms with Crippen LogP contribution in [0.25, 0.3) is 20.9 Å². The lowest BCUT2D eigenvalue weighted by Crippen LogP contribution is -2.50. The van der Waals surface area contributed by atoms with E-state index < -0.39 is 0 Å². The number of piperazine rings is 1. The number of aryl methyl sites for hydroxylation is 1. The average molecular weight is 498 g/mol. The Hall–Kier alpha value is -3.30. The molecule has 174 valence electrons. The second-order valence-corrected chi connectivity index (χ2v) is 9.30. The minimum absolute atomic E-state index is 0.0222. The van der Waals surface area contributed by atoms with Gasteiger partial charge in [-0.05, 0) is 55.5 Å². The number of rotatable bonds is 5. The summed E-state index contributed by atoms with van der Waals surface area (Å²) in [7, 11) is 0. The van der Waals surface area contributed by atoms with E-state index in [0.717, 1.165) is 26.7 Å². The third-order valence-electron chi connectivity index (χ3n) is 5.55. The molecule has 5 rings (SSSR count). The van der Waals surface area contributed by atoms with E-state index in [2.05, 4.69) is 14.9 Å². The van der Waals surface area contributed by atoms with Crippen LogP contribution in [0.4, 0.5) is 10.2 Å². The smallest absolute Gasteiger partial charge is 0.260 e. The van der Waals surface area contributed by atoms with Gasteiger partial charge in [0.1, 0.15) is 32.7 Å². The normalized spacial score (nSPS) is 14.0. The molecule has 2 aromatic heterocycles. The zero-order chi connectivity index (χ0) is 23.7. The minimum Gasteiger partial charge on any atom is -0.484 e. The third kappa shape index (κ3) is 4.80. The van der Waals surface area contributed by atoms with Crippen LogP contribution < -0.4 is 9.64 Å². The van der Waals surface area contributed by atoms with Gasteiger partial charge in [-0.25, -0.2) is 19.3 Å². The Kier molecular flexibility index (Phi) is 6.30. The lowest BCUT2D eigenvalue weighted by atomic mass is 10.2. The van der Waals surface area contributed by atoms with Crippen LogP contribution in [0.15, 0.2) is 48.5 Å². The van der Waals surface area contributed by atoms with Crippen molar-refractivity contribution >= 4 is 45.0 Å². The first-order valence-corrected chi connectivity index (χ1v) is 12.0. The largest absolute Gasteiger partial charge is 0.484 e. The van der Waals surface area contributed by atoms with Crippen molar-refractivity contribution in [3.8, 4) is 16.3 Å². The van der Waals surface area contributed by atoms with Crippen LogP contribution >= 0.6 is 22.9 Å². The van der Waals surface area contributed by atoms with E-state index in [-0.39, 0.29) is 18.3 Å². The number of thiazole rings is 1. The summed E-state index contributed by atoms with van der Waals surface area (Å²) in [6.45, 7) is 4.20. The number of benzene rings is 2. The van der Waals surface area contributed by atoms with Crippen molar-refractivity contribution in [3.63, 3.8) is 0 Å². The molecule has 4 aromatic rings. The first kappa shape index (κ1) is 22.5. The maximum absolute atomic E-state index is 13.3. The molecule has 1 fully saturated rings. The summed E-state index contributed by atoms with van der Waals surface area (Å²) in [6.07, 6.45) is 0. The topological polar surface area (TPSA) is 71.5 Å². The molecule has 0 atom stereocenters. The summed E-state index contributed by atoms with van der Waals surface area (Å²) in [6, 6.07) is 13.2. The van der Waals surface area contributed by atoms with Gasteiger partial charge in [0.05, 0.1) is 0 Å². The summed E-state index contributed by atoms with van der Waals surface area (Å²) >= 11 is 7.34. The molecule has 1 aliphatic heterocycles. The third-order valence-corrected chi connectivity index (χ3v) is 6.80. The summed E-state index contributed by atoms with van der Waals surface area (Å²) in [5, 5.41) is 1.39. The number of fused-ring (bicyclic) bond motifs is 1. The highest BCUT2D eigenvalue weighted by Crippen LogP contribution is 2.33. The van der Waals surface area contributed by atoms with Gasteiger partial charge >= 0.3 is 0 Å². The van der Waals surface area contributed by atoms with Crippen molar-refractivity contribution in [1.82, 2.24) is 19.9 Å².